The molecule has 1 atom stereocenters. The van der Waals surface area contributed by atoms with E-state index in [1.807, 2.05) is 0 Å². The molecule has 1 aromatic carbocycles. The van der Waals surface area contributed by atoms with Crippen molar-refractivity contribution >= 4 is 27.5 Å². The molecule has 0 bridgehead atoms. The summed E-state index contributed by atoms with van der Waals surface area (Å²) in [7, 11) is -1.87. The number of benzene rings is 1. The van der Waals surface area contributed by atoms with Gasteiger partial charge in [0.25, 0.3) is 0 Å². The first-order valence-corrected chi connectivity index (χ1v) is 9.63. The van der Waals surface area contributed by atoms with Crippen LogP contribution in [-0.2, 0) is 21.4 Å². The number of nitrogens with zero attached hydrogens (tertiary/aromatic N) is 1. The van der Waals surface area contributed by atoms with Crippen LogP contribution >= 0.6 is 11.6 Å². The van der Waals surface area contributed by atoms with E-state index in [-0.39, 0.29) is 12.5 Å². The number of hydrogen-bond acceptors (Lipinski definition) is 4. The molecule has 6 nitrogen and oxygen atoms in total. The van der Waals surface area contributed by atoms with E-state index in [0.29, 0.717) is 29.3 Å². The molecule has 1 heterocycles. The van der Waals surface area contributed by atoms with Crippen molar-refractivity contribution in [3.05, 3.63) is 28.8 Å². The zero-order valence-corrected chi connectivity index (χ0v) is 14.8. The highest BCUT2D eigenvalue weighted by Gasteiger charge is 2.34. The minimum absolute atomic E-state index is 0.190. The number of carbonyl (C=O) groups is 1. The van der Waals surface area contributed by atoms with Crippen LogP contribution < -0.4 is 10.1 Å². The van der Waals surface area contributed by atoms with Crippen LogP contribution in [0.4, 0.5) is 0 Å². The lowest BCUT2D eigenvalue weighted by atomic mass is 10.0. The largest absolute Gasteiger partial charge is 0.496 e. The minimum Gasteiger partial charge on any atom is -0.496 e. The van der Waals surface area contributed by atoms with Gasteiger partial charge in [0.1, 0.15) is 11.8 Å². The Balaban J connectivity index is 2.10. The molecule has 1 N–H and O–H groups in total. The van der Waals surface area contributed by atoms with Gasteiger partial charge in [-0.05, 0) is 25.0 Å². The highest BCUT2D eigenvalue weighted by Crippen LogP contribution is 2.26. The van der Waals surface area contributed by atoms with Crippen molar-refractivity contribution < 1.29 is 17.9 Å². The van der Waals surface area contributed by atoms with Gasteiger partial charge in [-0.2, -0.15) is 4.31 Å². The summed E-state index contributed by atoms with van der Waals surface area (Å²) < 4.78 is 30.2. The zero-order chi connectivity index (χ0) is 17.0. The Bertz CT molecular complexity index is 678. The van der Waals surface area contributed by atoms with Gasteiger partial charge in [-0.25, -0.2) is 8.42 Å². The molecule has 0 radical (unpaired) electrons. The van der Waals surface area contributed by atoms with Crippen molar-refractivity contribution in [1.29, 1.82) is 0 Å². The third kappa shape index (κ3) is 4.37. The van der Waals surface area contributed by atoms with E-state index >= 15 is 0 Å². The predicted molar refractivity (Wildman–Crippen MR) is 89.0 cm³/mol. The summed E-state index contributed by atoms with van der Waals surface area (Å²) in [5.74, 6) is 0.276. The van der Waals surface area contributed by atoms with Crippen molar-refractivity contribution in [2.24, 2.45) is 0 Å². The predicted octanol–water partition coefficient (Wildman–Crippen LogP) is 1.78. The van der Waals surface area contributed by atoms with E-state index in [4.69, 9.17) is 16.3 Å². The van der Waals surface area contributed by atoms with Gasteiger partial charge in [0.05, 0.1) is 13.4 Å². The fourth-order valence-electron chi connectivity index (χ4n) is 2.76. The van der Waals surface area contributed by atoms with Gasteiger partial charge in [0.2, 0.25) is 15.9 Å². The Kier molecular flexibility index (Phi) is 5.89. The lowest BCUT2D eigenvalue weighted by Gasteiger charge is -2.32. The molecule has 1 amide bonds. The van der Waals surface area contributed by atoms with Crippen molar-refractivity contribution in [2.45, 2.75) is 31.8 Å². The smallest absolute Gasteiger partial charge is 0.238 e. The molecule has 0 aliphatic carbocycles. The van der Waals surface area contributed by atoms with Crippen LogP contribution in [0.5, 0.6) is 5.75 Å². The normalized spacial score (nSPS) is 19.3. The standard InChI is InChI=1S/C15H21ClN2O4S/c1-22-14-8-5-6-12(16)11(14)10-17-15(19)13-7-3-4-9-18(13)23(2,20)21/h5-6,8,13H,3-4,7,9-10H2,1-2H3,(H,17,19)/t13-/m0/s1. The number of piperidine rings is 1. The van der Waals surface area contributed by atoms with Crippen molar-refractivity contribution in [3.8, 4) is 5.75 Å². The van der Waals surface area contributed by atoms with E-state index < -0.39 is 16.1 Å². The third-order valence-corrected chi connectivity index (χ3v) is 5.56. The molecule has 1 aliphatic heterocycles. The molecule has 1 aromatic rings. The molecule has 0 aromatic heterocycles. The van der Waals surface area contributed by atoms with Gasteiger partial charge < -0.3 is 10.1 Å². The fraction of sp³-hybridized carbons (Fsp3) is 0.533. The highest BCUT2D eigenvalue weighted by molar-refractivity contribution is 7.88. The number of nitrogens with one attached hydrogen (secondary N) is 1. The maximum absolute atomic E-state index is 12.4. The van der Waals surface area contributed by atoms with Crippen LogP contribution in [0.25, 0.3) is 0 Å². The molecule has 0 saturated carbocycles. The van der Waals surface area contributed by atoms with Crippen LogP contribution in [0.2, 0.25) is 5.02 Å². The number of methoxy groups -OCH3 is 1. The van der Waals surface area contributed by atoms with E-state index in [1.54, 1.807) is 18.2 Å². The summed E-state index contributed by atoms with van der Waals surface area (Å²) in [5, 5.41) is 3.27. The number of ether oxygens (including phenoxy) is 1. The summed E-state index contributed by atoms with van der Waals surface area (Å²) in [4.78, 5) is 12.4. The van der Waals surface area contributed by atoms with Gasteiger partial charge in [-0.15, -0.1) is 0 Å². The van der Waals surface area contributed by atoms with Crippen molar-refractivity contribution in [2.75, 3.05) is 19.9 Å². The first-order chi connectivity index (χ1) is 10.8. The molecule has 1 saturated heterocycles. The number of sulfonamides is 1. The minimum atomic E-state index is -3.40. The number of halogens is 1. The Hall–Kier alpha value is -1.31. The Labute approximate surface area is 141 Å². The molecular formula is C15H21ClN2O4S. The maximum Gasteiger partial charge on any atom is 0.238 e. The molecule has 128 valence electrons. The lowest BCUT2D eigenvalue weighted by Crippen LogP contribution is -2.51. The SMILES string of the molecule is COc1cccc(Cl)c1CNC(=O)[C@@H]1CCCCN1S(C)(=O)=O. The van der Waals surface area contributed by atoms with Crippen molar-refractivity contribution in [3.63, 3.8) is 0 Å². The Morgan fingerprint density at radius 3 is 2.83 bits per heavy atom. The van der Waals surface area contributed by atoms with Crippen LogP contribution in [0.3, 0.4) is 0 Å². The summed E-state index contributed by atoms with van der Waals surface area (Å²) in [6, 6.07) is 4.58. The average Bonchev–Trinajstić information content (AvgIpc) is 2.52. The molecular weight excluding hydrogens is 340 g/mol. The third-order valence-electron chi connectivity index (χ3n) is 3.92. The summed E-state index contributed by atoms with van der Waals surface area (Å²) in [6.07, 6.45) is 3.27. The molecule has 23 heavy (non-hydrogen) atoms. The zero-order valence-electron chi connectivity index (χ0n) is 13.2. The quantitative estimate of drug-likeness (QED) is 0.868. The number of amides is 1. The molecule has 1 fully saturated rings. The fourth-order valence-corrected chi connectivity index (χ4v) is 4.12. The monoisotopic (exact) mass is 360 g/mol. The van der Waals surface area contributed by atoms with Gasteiger partial charge in [0, 0.05) is 23.7 Å². The second-order valence-electron chi connectivity index (χ2n) is 5.52. The van der Waals surface area contributed by atoms with Crippen LogP contribution in [0, 0.1) is 0 Å². The highest BCUT2D eigenvalue weighted by atomic mass is 35.5. The van der Waals surface area contributed by atoms with E-state index in [1.165, 1.54) is 11.4 Å². The number of carbonyl (C=O) groups excluding carboxylic acids is 1. The van der Waals surface area contributed by atoms with Gasteiger partial charge in [-0.3, -0.25) is 4.79 Å². The Morgan fingerprint density at radius 2 is 2.17 bits per heavy atom. The molecule has 0 unspecified atom stereocenters. The first-order valence-electron chi connectivity index (χ1n) is 7.40. The van der Waals surface area contributed by atoms with Crippen LogP contribution in [0.1, 0.15) is 24.8 Å². The average molecular weight is 361 g/mol. The Morgan fingerprint density at radius 1 is 1.43 bits per heavy atom. The molecule has 1 aliphatic rings. The van der Waals surface area contributed by atoms with Gasteiger partial charge in [-0.1, -0.05) is 24.1 Å². The summed E-state index contributed by atoms with van der Waals surface area (Å²) >= 11 is 6.14. The molecule has 2 rings (SSSR count). The lowest BCUT2D eigenvalue weighted by molar-refractivity contribution is -0.125. The van der Waals surface area contributed by atoms with E-state index in [9.17, 15) is 13.2 Å². The number of rotatable bonds is 5. The summed E-state index contributed by atoms with van der Waals surface area (Å²) in [5.41, 5.74) is 0.673. The van der Waals surface area contributed by atoms with Gasteiger partial charge >= 0.3 is 0 Å². The van der Waals surface area contributed by atoms with E-state index in [0.717, 1.165) is 19.1 Å². The second kappa shape index (κ2) is 7.51. The van der Waals surface area contributed by atoms with Crippen LogP contribution in [-0.4, -0.2) is 44.6 Å². The second-order valence-corrected chi connectivity index (χ2v) is 7.87. The molecule has 8 heteroatoms. The maximum atomic E-state index is 12.4. The molecule has 0 spiro atoms. The van der Waals surface area contributed by atoms with Crippen molar-refractivity contribution in [1.82, 2.24) is 9.62 Å². The van der Waals surface area contributed by atoms with E-state index in [2.05, 4.69) is 5.32 Å². The van der Waals surface area contributed by atoms with Crippen LogP contribution in [0.15, 0.2) is 18.2 Å². The summed E-state index contributed by atoms with van der Waals surface area (Å²) in [6.45, 7) is 0.572. The van der Waals surface area contributed by atoms with Gasteiger partial charge in [0.15, 0.2) is 0 Å². The topological polar surface area (TPSA) is 75.7 Å². The first kappa shape index (κ1) is 18.0. The number of hydrogen-bond donors (Lipinski definition) is 1.